The van der Waals surface area contributed by atoms with E-state index in [0.717, 1.165) is 22.1 Å². The number of fused-ring (bicyclic) bond motifs is 2. The highest BCUT2D eigenvalue weighted by atomic mass is 35.5. The lowest BCUT2D eigenvalue weighted by atomic mass is 10.0. The van der Waals surface area contributed by atoms with Crippen molar-refractivity contribution in [1.29, 1.82) is 0 Å². The molecular formula is C25H22ClN3O6. The molecule has 5 rings (SSSR count). The van der Waals surface area contributed by atoms with Crippen molar-refractivity contribution in [3.8, 4) is 22.6 Å². The van der Waals surface area contributed by atoms with E-state index in [0.29, 0.717) is 46.8 Å². The number of aliphatic carboxylic acids is 1. The van der Waals surface area contributed by atoms with Crippen LogP contribution >= 0.6 is 11.6 Å². The van der Waals surface area contributed by atoms with E-state index >= 15 is 0 Å². The number of aromatic nitrogens is 1. The third-order valence-corrected chi connectivity index (χ3v) is 6.08. The number of carbonyl (C=O) groups is 1. The summed E-state index contributed by atoms with van der Waals surface area (Å²) in [4.78, 5) is 11.1. The molecule has 3 aromatic carbocycles. The van der Waals surface area contributed by atoms with E-state index in [1.165, 1.54) is 0 Å². The Morgan fingerprint density at radius 1 is 1.09 bits per heavy atom. The first-order chi connectivity index (χ1) is 17.0. The first-order valence-corrected chi connectivity index (χ1v) is 11.3. The first kappa shape index (κ1) is 23.0. The van der Waals surface area contributed by atoms with Crippen LogP contribution in [-0.4, -0.2) is 47.2 Å². The van der Waals surface area contributed by atoms with Gasteiger partial charge in [0.15, 0.2) is 22.9 Å². The maximum absolute atomic E-state index is 11.1. The number of anilines is 2. The lowest BCUT2D eigenvalue weighted by molar-refractivity contribution is -0.140. The maximum atomic E-state index is 11.1. The molecule has 1 aliphatic heterocycles. The Morgan fingerprint density at radius 2 is 1.91 bits per heavy atom. The molecular weight excluding hydrogens is 474 g/mol. The van der Waals surface area contributed by atoms with Crippen LogP contribution in [0.15, 0.2) is 59.1 Å². The van der Waals surface area contributed by atoms with Crippen molar-refractivity contribution >= 4 is 40.0 Å². The molecule has 0 amide bonds. The van der Waals surface area contributed by atoms with Gasteiger partial charge in [0.25, 0.3) is 0 Å². The third kappa shape index (κ3) is 4.74. The van der Waals surface area contributed by atoms with Gasteiger partial charge in [0.2, 0.25) is 0 Å². The Bertz CT molecular complexity index is 1390. The van der Waals surface area contributed by atoms with E-state index in [2.05, 4.69) is 15.8 Å². The monoisotopic (exact) mass is 495 g/mol. The van der Waals surface area contributed by atoms with Gasteiger partial charge in [0.1, 0.15) is 19.3 Å². The van der Waals surface area contributed by atoms with Crippen LogP contribution < -0.4 is 20.1 Å². The van der Waals surface area contributed by atoms with Gasteiger partial charge in [-0.15, -0.1) is 0 Å². The normalized spacial score (nSPS) is 13.5. The van der Waals surface area contributed by atoms with Crippen molar-refractivity contribution in [2.75, 3.05) is 25.1 Å². The van der Waals surface area contributed by atoms with E-state index in [-0.39, 0.29) is 6.54 Å². The lowest BCUT2D eigenvalue weighted by Crippen LogP contribution is -2.39. The third-order valence-electron chi connectivity index (χ3n) is 5.67. The predicted molar refractivity (Wildman–Crippen MR) is 131 cm³/mol. The zero-order chi connectivity index (χ0) is 24.4. The van der Waals surface area contributed by atoms with Gasteiger partial charge < -0.3 is 29.5 Å². The van der Waals surface area contributed by atoms with Crippen molar-refractivity contribution < 1.29 is 29.0 Å². The van der Waals surface area contributed by atoms with Crippen LogP contribution in [0.5, 0.6) is 11.5 Å². The second kappa shape index (κ2) is 9.83. The molecule has 0 fully saturated rings. The second-order valence-corrected chi connectivity index (χ2v) is 8.34. The van der Waals surface area contributed by atoms with Crippen LogP contribution in [-0.2, 0) is 11.3 Å². The van der Waals surface area contributed by atoms with Crippen molar-refractivity contribution in [2.45, 2.75) is 12.6 Å². The number of benzene rings is 3. The molecule has 0 saturated heterocycles. The van der Waals surface area contributed by atoms with Gasteiger partial charge in [0, 0.05) is 12.1 Å². The highest BCUT2D eigenvalue weighted by molar-refractivity contribution is 6.36. The number of carboxylic acids is 1. The van der Waals surface area contributed by atoms with Crippen molar-refractivity contribution in [2.24, 2.45) is 0 Å². The summed E-state index contributed by atoms with van der Waals surface area (Å²) in [6.45, 7) is 0.784. The molecule has 4 aromatic rings. The number of aliphatic hydroxyl groups is 1. The molecule has 0 unspecified atom stereocenters. The summed E-state index contributed by atoms with van der Waals surface area (Å²) < 4.78 is 16.8. The van der Waals surface area contributed by atoms with Gasteiger partial charge in [-0.2, -0.15) is 0 Å². The molecule has 35 heavy (non-hydrogen) atoms. The van der Waals surface area contributed by atoms with Crippen LogP contribution in [0.4, 0.5) is 11.5 Å². The predicted octanol–water partition coefficient (Wildman–Crippen LogP) is 4.20. The van der Waals surface area contributed by atoms with E-state index in [1.807, 2.05) is 48.5 Å². The Hall–Kier alpha value is -3.79. The highest BCUT2D eigenvalue weighted by Gasteiger charge is 2.18. The zero-order valence-corrected chi connectivity index (χ0v) is 19.2. The first-order valence-electron chi connectivity index (χ1n) is 10.9. The van der Waals surface area contributed by atoms with E-state index in [4.69, 9.17) is 35.8 Å². The molecule has 0 radical (unpaired) electrons. The number of nitrogens with one attached hydrogen (secondary N) is 2. The maximum Gasteiger partial charge on any atom is 0.323 e. The minimum absolute atomic E-state index is 0.250. The lowest BCUT2D eigenvalue weighted by Gasteiger charge is -2.19. The molecule has 4 N–H and O–H groups in total. The van der Waals surface area contributed by atoms with Crippen molar-refractivity contribution in [3.63, 3.8) is 0 Å². The number of halogens is 1. The fraction of sp³-hybridized carbons (Fsp3) is 0.200. The molecule has 1 aliphatic rings. The topological polar surface area (TPSA) is 126 Å². The standard InChI is InChI=1S/C25H22ClN3O6/c26-23-16(15-5-7-20-22(11-15)34-9-8-33-20)2-1-3-18(23)28-24-17-6-4-14(10-21(17)35-29-24)12-27-19(13-30)25(31)32/h1-7,10-11,19,27,30H,8-9,12-13H2,(H,28,29)(H,31,32)/t19-/m0/s1. The molecule has 2 heterocycles. The van der Waals surface area contributed by atoms with Crippen molar-refractivity contribution in [1.82, 2.24) is 10.5 Å². The fourth-order valence-corrected chi connectivity index (χ4v) is 4.13. The van der Waals surface area contributed by atoms with Crippen LogP contribution in [0.25, 0.3) is 22.1 Å². The number of hydrogen-bond donors (Lipinski definition) is 4. The van der Waals surface area contributed by atoms with Crippen LogP contribution in [0.2, 0.25) is 5.02 Å². The number of rotatable bonds is 8. The Labute approximate surface area is 205 Å². The fourth-order valence-electron chi connectivity index (χ4n) is 3.84. The van der Waals surface area contributed by atoms with Gasteiger partial charge in [0.05, 0.1) is 22.7 Å². The molecule has 1 aromatic heterocycles. The van der Waals surface area contributed by atoms with E-state index < -0.39 is 18.6 Å². The molecule has 0 bridgehead atoms. The summed E-state index contributed by atoms with van der Waals surface area (Å²) >= 11 is 6.76. The van der Waals surface area contributed by atoms with Crippen LogP contribution in [0.3, 0.4) is 0 Å². The largest absolute Gasteiger partial charge is 0.486 e. The molecule has 0 aliphatic carbocycles. The smallest absolute Gasteiger partial charge is 0.323 e. The summed E-state index contributed by atoms with van der Waals surface area (Å²) in [6.07, 6.45) is 0. The highest BCUT2D eigenvalue weighted by Crippen LogP contribution is 2.40. The summed E-state index contributed by atoms with van der Waals surface area (Å²) in [5, 5.41) is 29.6. The van der Waals surface area contributed by atoms with Crippen LogP contribution in [0, 0.1) is 0 Å². The van der Waals surface area contributed by atoms with Gasteiger partial charge in [-0.1, -0.05) is 41.0 Å². The summed E-state index contributed by atoms with van der Waals surface area (Å²) in [6, 6.07) is 15.8. The van der Waals surface area contributed by atoms with Gasteiger partial charge in [-0.25, -0.2) is 0 Å². The molecule has 10 heteroatoms. The number of carboxylic acid groups (broad SMARTS) is 1. The second-order valence-electron chi connectivity index (χ2n) is 7.97. The van der Waals surface area contributed by atoms with Crippen LogP contribution in [0.1, 0.15) is 5.56 Å². The number of hydrogen-bond acceptors (Lipinski definition) is 8. The molecule has 180 valence electrons. The molecule has 0 spiro atoms. The Morgan fingerprint density at radius 3 is 2.71 bits per heavy atom. The summed E-state index contributed by atoms with van der Waals surface area (Å²) in [5.41, 5.74) is 3.70. The minimum atomic E-state index is -1.12. The van der Waals surface area contributed by atoms with Gasteiger partial charge >= 0.3 is 5.97 Å². The molecule has 9 nitrogen and oxygen atoms in total. The Balaban J connectivity index is 1.37. The SMILES string of the molecule is O=C(O)[C@H](CO)NCc1ccc2c(Nc3cccc(-c4ccc5c(c4)OCCO5)c3Cl)noc2c1. The number of ether oxygens (including phenoxy) is 2. The average molecular weight is 496 g/mol. The van der Waals surface area contributed by atoms with E-state index in [1.54, 1.807) is 6.07 Å². The minimum Gasteiger partial charge on any atom is -0.486 e. The molecule has 1 atom stereocenters. The molecule has 0 saturated carbocycles. The quantitative estimate of drug-likeness (QED) is 0.284. The average Bonchev–Trinajstić information content (AvgIpc) is 3.27. The van der Waals surface area contributed by atoms with E-state index in [9.17, 15) is 4.79 Å². The van der Waals surface area contributed by atoms with Crippen molar-refractivity contribution in [3.05, 3.63) is 65.2 Å². The van der Waals surface area contributed by atoms with Gasteiger partial charge in [-0.05, 0) is 41.5 Å². The van der Waals surface area contributed by atoms with Gasteiger partial charge in [-0.3, -0.25) is 10.1 Å². The number of aliphatic hydroxyl groups excluding tert-OH is 1. The number of nitrogens with zero attached hydrogens (tertiary/aromatic N) is 1. The summed E-state index contributed by atoms with van der Waals surface area (Å²) in [5.74, 6) is 0.781. The summed E-state index contributed by atoms with van der Waals surface area (Å²) in [7, 11) is 0. The Kier molecular flexibility index (Phi) is 6.45. The zero-order valence-electron chi connectivity index (χ0n) is 18.5.